The highest BCUT2D eigenvalue weighted by atomic mass is 15.2. The average molecular weight is 240 g/mol. The lowest BCUT2D eigenvalue weighted by molar-refractivity contribution is -0.0433. The summed E-state index contributed by atoms with van der Waals surface area (Å²) >= 11 is 0. The van der Waals surface area contributed by atoms with Gasteiger partial charge in [0.05, 0.1) is 0 Å². The Kier molecular flexibility index (Phi) is 4.65. The van der Waals surface area contributed by atoms with Crippen molar-refractivity contribution >= 4 is 0 Å². The van der Waals surface area contributed by atoms with Crippen LogP contribution in [0.3, 0.4) is 0 Å². The van der Waals surface area contributed by atoms with Gasteiger partial charge in [-0.05, 0) is 58.4 Å². The zero-order valence-electron chi connectivity index (χ0n) is 12.7. The zero-order chi connectivity index (χ0) is 13.3. The maximum absolute atomic E-state index is 6.18. The molecule has 2 nitrogen and oxygen atoms in total. The molecule has 3 unspecified atom stereocenters. The summed E-state index contributed by atoms with van der Waals surface area (Å²) in [5, 5.41) is 0. The second kappa shape index (κ2) is 5.27. The molecule has 0 aromatic heterocycles. The largest absolute Gasteiger partial charge is 0.329 e. The molecule has 1 saturated carbocycles. The molecule has 2 N–H and O–H groups in total. The first-order chi connectivity index (χ1) is 7.80. The highest BCUT2D eigenvalue weighted by molar-refractivity contribution is 5.02. The Bertz CT molecular complexity index is 249. The molecule has 0 bridgehead atoms. The molecule has 0 spiro atoms. The summed E-state index contributed by atoms with van der Waals surface area (Å²) < 4.78 is 0. The summed E-state index contributed by atoms with van der Waals surface area (Å²) in [6, 6.07) is 0. The molecule has 0 saturated heterocycles. The fourth-order valence-electron chi connectivity index (χ4n) is 3.46. The molecule has 0 radical (unpaired) electrons. The Morgan fingerprint density at radius 1 is 1.35 bits per heavy atom. The molecule has 102 valence electrons. The fourth-order valence-corrected chi connectivity index (χ4v) is 3.46. The molecule has 17 heavy (non-hydrogen) atoms. The highest BCUT2D eigenvalue weighted by Crippen LogP contribution is 2.42. The van der Waals surface area contributed by atoms with Gasteiger partial charge in [-0.3, -0.25) is 4.90 Å². The predicted octanol–water partition coefficient (Wildman–Crippen LogP) is 3.26. The van der Waals surface area contributed by atoms with Crippen LogP contribution in [0.2, 0.25) is 0 Å². The second-order valence-corrected chi connectivity index (χ2v) is 6.81. The van der Waals surface area contributed by atoms with Crippen LogP contribution in [0.25, 0.3) is 0 Å². The number of hydrogen-bond acceptors (Lipinski definition) is 2. The molecule has 0 aromatic rings. The number of nitrogens with zero attached hydrogens (tertiary/aromatic N) is 1. The summed E-state index contributed by atoms with van der Waals surface area (Å²) in [7, 11) is 2.28. The molecule has 1 aliphatic carbocycles. The summed E-state index contributed by atoms with van der Waals surface area (Å²) in [6.07, 6.45) is 5.08. The topological polar surface area (TPSA) is 29.3 Å². The Labute approximate surface area is 108 Å². The van der Waals surface area contributed by atoms with E-state index in [1.54, 1.807) is 0 Å². The van der Waals surface area contributed by atoms with Crippen LogP contribution in [0.5, 0.6) is 0 Å². The minimum absolute atomic E-state index is 0.214. The number of rotatable bonds is 4. The van der Waals surface area contributed by atoms with Gasteiger partial charge in [-0.2, -0.15) is 0 Å². The van der Waals surface area contributed by atoms with Crippen LogP contribution in [0, 0.1) is 11.8 Å². The van der Waals surface area contributed by atoms with E-state index in [9.17, 15) is 0 Å². The van der Waals surface area contributed by atoms with Gasteiger partial charge in [0.15, 0.2) is 0 Å². The molecular weight excluding hydrogens is 208 g/mol. The third-order valence-electron chi connectivity index (χ3n) is 5.54. The lowest BCUT2D eigenvalue weighted by atomic mass is 9.67. The molecule has 0 aliphatic heterocycles. The summed E-state index contributed by atoms with van der Waals surface area (Å²) in [4.78, 5) is 2.58. The van der Waals surface area contributed by atoms with E-state index >= 15 is 0 Å². The van der Waals surface area contributed by atoms with Gasteiger partial charge >= 0.3 is 0 Å². The first-order valence-electron chi connectivity index (χ1n) is 7.24. The van der Waals surface area contributed by atoms with E-state index in [1.165, 1.54) is 25.7 Å². The molecule has 0 amide bonds. The third-order valence-corrected chi connectivity index (χ3v) is 5.54. The van der Waals surface area contributed by atoms with Gasteiger partial charge in [0.2, 0.25) is 0 Å². The van der Waals surface area contributed by atoms with Crippen molar-refractivity contribution in [2.75, 3.05) is 13.6 Å². The van der Waals surface area contributed by atoms with E-state index in [2.05, 4.69) is 46.6 Å². The van der Waals surface area contributed by atoms with Gasteiger partial charge in [0.25, 0.3) is 0 Å². The molecule has 1 aliphatic rings. The van der Waals surface area contributed by atoms with E-state index in [4.69, 9.17) is 5.73 Å². The standard InChI is InChI=1S/C15H32N2/c1-7-14(4,5)17(6)15(11-16)9-8-12(2)10-13(15)3/h12-13H,7-11,16H2,1-6H3. The zero-order valence-corrected chi connectivity index (χ0v) is 12.7. The smallest absolute Gasteiger partial charge is 0.0359 e. The van der Waals surface area contributed by atoms with Crippen molar-refractivity contribution in [3.63, 3.8) is 0 Å². The molecule has 0 aromatic carbocycles. The minimum atomic E-state index is 0.214. The van der Waals surface area contributed by atoms with Crippen LogP contribution < -0.4 is 5.73 Å². The first kappa shape index (κ1) is 15.0. The third kappa shape index (κ3) is 2.68. The van der Waals surface area contributed by atoms with Crippen LogP contribution in [0.15, 0.2) is 0 Å². The maximum Gasteiger partial charge on any atom is 0.0359 e. The number of likely N-dealkylation sites (N-methyl/N-ethyl adjacent to an activating group) is 1. The quantitative estimate of drug-likeness (QED) is 0.817. The predicted molar refractivity (Wildman–Crippen MR) is 76.1 cm³/mol. The highest BCUT2D eigenvalue weighted by Gasteiger charge is 2.46. The summed E-state index contributed by atoms with van der Waals surface area (Å²) in [5.41, 5.74) is 6.64. The minimum Gasteiger partial charge on any atom is -0.329 e. The van der Waals surface area contributed by atoms with Crippen LogP contribution in [-0.2, 0) is 0 Å². The Morgan fingerprint density at radius 2 is 1.94 bits per heavy atom. The lowest BCUT2D eigenvalue weighted by Gasteiger charge is -2.55. The van der Waals surface area contributed by atoms with Crippen molar-refractivity contribution in [3.05, 3.63) is 0 Å². The van der Waals surface area contributed by atoms with Crippen molar-refractivity contribution in [3.8, 4) is 0 Å². The monoisotopic (exact) mass is 240 g/mol. The number of hydrogen-bond donors (Lipinski definition) is 1. The average Bonchev–Trinajstić information content (AvgIpc) is 2.29. The number of nitrogens with two attached hydrogens (primary N) is 1. The van der Waals surface area contributed by atoms with Crippen molar-refractivity contribution in [1.29, 1.82) is 0 Å². The van der Waals surface area contributed by atoms with Crippen molar-refractivity contribution in [2.24, 2.45) is 17.6 Å². The second-order valence-electron chi connectivity index (χ2n) is 6.81. The van der Waals surface area contributed by atoms with Gasteiger partial charge in [0, 0.05) is 17.6 Å². The molecule has 2 heteroatoms. The Hall–Kier alpha value is -0.0800. The Balaban J connectivity index is 2.95. The van der Waals surface area contributed by atoms with Crippen LogP contribution in [-0.4, -0.2) is 29.6 Å². The van der Waals surface area contributed by atoms with Gasteiger partial charge in [-0.15, -0.1) is 0 Å². The van der Waals surface area contributed by atoms with Gasteiger partial charge < -0.3 is 5.73 Å². The van der Waals surface area contributed by atoms with Gasteiger partial charge in [-0.1, -0.05) is 20.8 Å². The van der Waals surface area contributed by atoms with E-state index in [0.717, 1.165) is 12.5 Å². The van der Waals surface area contributed by atoms with Crippen molar-refractivity contribution < 1.29 is 0 Å². The van der Waals surface area contributed by atoms with Crippen molar-refractivity contribution in [2.45, 2.75) is 71.4 Å². The van der Waals surface area contributed by atoms with Crippen LogP contribution in [0.1, 0.15) is 60.3 Å². The molecule has 1 fully saturated rings. The fraction of sp³-hybridized carbons (Fsp3) is 1.00. The lowest BCUT2D eigenvalue weighted by Crippen LogP contribution is -2.64. The SMILES string of the molecule is CCC(C)(C)N(C)C1(CN)CCC(C)CC1C. The van der Waals surface area contributed by atoms with E-state index < -0.39 is 0 Å². The van der Waals surface area contributed by atoms with E-state index in [1.807, 2.05) is 0 Å². The van der Waals surface area contributed by atoms with E-state index in [-0.39, 0.29) is 11.1 Å². The summed E-state index contributed by atoms with van der Waals surface area (Å²) in [6.45, 7) is 12.5. The normalized spacial score (nSPS) is 35.3. The van der Waals surface area contributed by atoms with Gasteiger partial charge in [-0.25, -0.2) is 0 Å². The maximum atomic E-state index is 6.18. The Morgan fingerprint density at radius 3 is 2.35 bits per heavy atom. The van der Waals surface area contributed by atoms with Crippen LogP contribution in [0.4, 0.5) is 0 Å². The molecule has 0 heterocycles. The molecule has 3 atom stereocenters. The summed E-state index contributed by atoms with van der Waals surface area (Å²) in [5.74, 6) is 1.56. The molecule has 1 rings (SSSR count). The van der Waals surface area contributed by atoms with Gasteiger partial charge in [0.1, 0.15) is 0 Å². The van der Waals surface area contributed by atoms with Crippen molar-refractivity contribution in [1.82, 2.24) is 4.90 Å². The molecular formula is C15H32N2. The van der Waals surface area contributed by atoms with Crippen LogP contribution >= 0.6 is 0 Å². The van der Waals surface area contributed by atoms with E-state index in [0.29, 0.717) is 5.92 Å². The first-order valence-corrected chi connectivity index (χ1v) is 7.24.